The molecule has 6 nitrogen and oxygen atoms in total. The minimum atomic E-state index is -0.495. The van der Waals surface area contributed by atoms with Gasteiger partial charge in [-0.05, 0) is 30.3 Å². The lowest BCUT2D eigenvalue weighted by Crippen LogP contribution is -2.34. The van der Waals surface area contributed by atoms with Crippen LogP contribution >= 0.6 is 24.0 Å². The molecule has 3 rings (SSSR count). The molecule has 2 amide bonds. The van der Waals surface area contributed by atoms with E-state index >= 15 is 0 Å². The Morgan fingerprint density at radius 1 is 1.27 bits per heavy atom. The molecule has 1 aliphatic heterocycles. The van der Waals surface area contributed by atoms with Crippen LogP contribution in [0.15, 0.2) is 47.6 Å². The number of aromatic nitrogens is 1. The van der Waals surface area contributed by atoms with Crippen LogP contribution in [0, 0.1) is 0 Å². The van der Waals surface area contributed by atoms with Crippen LogP contribution in [0.1, 0.15) is 15.9 Å². The summed E-state index contributed by atoms with van der Waals surface area (Å²) in [5.41, 5.74) is 0.981. The number of carbonyl (C=O) groups excluding carboxylic acids is 2. The van der Waals surface area contributed by atoms with E-state index in [4.69, 9.17) is 21.7 Å². The summed E-state index contributed by atoms with van der Waals surface area (Å²) in [4.78, 5) is 30.5. The van der Waals surface area contributed by atoms with E-state index in [9.17, 15) is 9.59 Å². The SMILES string of the molecule is COc1ccc(/C=C2\SC(=S)N(C(=O)c3cccnc3)C2=O)c(OC)c1. The zero-order chi connectivity index (χ0) is 18.7. The Hall–Kier alpha value is -2.71. The molecule has 0 bridgehead atoms. The molecule has 1 saturated heterocycles. The molecule has 0 aliphatic carbocycles. The van der Waals surface area contributed by atoms with Crippen molar-refractivity contribution in [2.45, 2.75) is 0 Å². The van der Waals surface area contributed by atoms with Crippen molar-refractivity contribution in [1.82, 2.24) is 9.88 Å². The van der Waals surface area contributed by atoms with Gasteiger partial charge in [-0.3, -0.25) is 14.6 Å². The number of thioether (sulfide) groups is 1. The van der Waals surface area contributed by atoms with Gasteiger partial charge in [-0.1, -0.05) is 24.0 Å². The predicted octanol–water partition coefficient (Wildman–Crippen LogP) is 3.14. The van der Waals surface area contributed by atoms with Gasteiger partial charge in [0.25, 0.3) is 11.8 Å². The number of amides is 2. The number of benzene rings is 1. The molecule has 2 aromatic rings. The number of ether oxygens (including phenoxy) is 2. The summed E-state index contributed by atoms with van der Waals surface area (Å²) in [6.07, 6.45) is 4.60. The fourth-order valence-electron chi connectivity index (χ4n) is 2.34. The van der Waals surface area contributed by atoms with Crippen LogP contribution in [-0.4, -0.2) is 40.2 Å². The van der Waals surface area contributed by atoms with E-state index in [0.29, 0.717) is 27.5 Å². The van der Waals surface area contributed by atoms with E-state index in [-0.39, 0.29) is 4.32 Å². The molecule has 1 fully saturated rings. The monoisotopic (exact) mass is 386 g/mol. The summed E-state index contributed by atoms with van der Waals surface area (Å²) in [7, 11) is 3.09. The predicted molar refractivity (Wildman–Crippen MR) is 103 cm³/mol. The number of thiocarbonyl (C=S) groups is 1. The quantitative estimate of drug-likeness (QED) is 0.454. The van der Waals surface area contributed by atoms with Crippen molar-refractivity contribution in [3.63, 3.8) is 0 Å². The van der Waals surface area contributed by atoms with E-state index in [1.165, 1.54) is 13.3 Å². The molecule has 0 atom stereocenters. The van der Waals surface area contributed by atoms with Crippen LogP contribution in [0.5, 0.6) is 11.5 Å². The standard InChI is InChI=1S/C18H14N2O4S2/c1-23-13-6-5-11(14(9-13)24-2)8-15-17(22)20(18(25)26-15)16(21)12-4-3-7-19-10-12/h3-10H,1-2H3/b15-8-. The molecule has 26 heavy (non-hydrogen) atoms. The van der Waals surface area contributed by atoms with Crippen LogP contribution in [0.4, 0.5) is 0 Å². The maximum atomic E-state index is 12.7. The van der Waals surface area contributed by atoms with Crippen molar-refractivity contribution in [1.29, 1.82) is 0 Å². The zero-order valence-corrected chi connectivity index (χ0v) is 15.6. The Morgan fingerprint density at radius 2 is 2.08 bits per heavy atom. The minimum Gasteiger partial charge on any atom is -0.497 e. The van der Waals surface area contributed by atoms with Crippen molar-refractivity contribution < 1.29 is 19.1 Å². The van der Waals surface area contributed by atoms with Crippen LogP contribution in [0.3, 0.4) is 0 Å². The van der Waals surface area contributed by atoms with Gasteiger partial charge in [-0.25, -0.2) is 4.90 Å². The highest BCUT2D eigenvalue weighted by Gasteiger charge is 2.37. The summed E-state index contributed by atoms with van der Waals surface area (Å²) in [5, 5.41) is 0. The molecule has 132 valence electrons. The maximum absolute atomic E-state index is 12.7. The summed E-state index contributed by atoms with van der Waals surface area (Å²) < 4.78 is 10.7. The molecule has 1 aromatic carbocycles. The van der Waals surface area contributed by atoms with Crippen molar-refractivity contribution >= 4 is 46.2 Å². The van der Waals surface area contributed by atoms with Gasteiger partial charge in [0.2, 0.25) is 0 Å². The Balaban J connectivity index is 1.92. The molecule has 1 aliphatic rings. The Morgan fingerprint density at radius 3 is 2.73 bits per heavy atom. The number of pyridine rings is 1. The number of imide groups is 1. The molecule has 1 aromatic heterocycles. The van der Waals surface area contributed by atoms with Crippen LogP contribution in [-0.2, 0) is 4.79 Å². The first-order chi connectivity index (χ1) is 12.5. The van der Waals surface area contributed by atoms with Gasteiger partial charge in [0, 0.05) is 24.0 Å². The van der Waals surface area contributed by atoms with Gasteiger partial charge >= 0.3 is 0 Å². The second kappa shape index (κ2) is 7.67. The van der Waals surface area contributed by atoms with Gasteiger partial charge < -0.3 is 9.47 Å². The first-order valence-electron chi connectivity index (χ1n) is 7.49. The van der Waals surface area contributed by atoms with Crippen LogP contribution in [0.25, 0.3) is 6.08 Å². The minimum absolute atomic E-state index is 0.183. The highest BCUT2D eigenvalue weighted by Crippen LogP contribution is 2.35. The third-order valence-electron chi connectivity index (χ3n) is 3.63. The molecular formula is C18H14N2O4S2. The first-order valence-corrected chi connectivity index (χ1v) is 8.72. The van der Waals surface area contributed by atoms with E-state index in [0.717, 1.165) is 16.7 Å². The molecule has 0 saturated carbocycles. The van der Waals surface area contributed by atoms with Crippen molar-refractivity contribution in [2.24, 2.45) is 0 Å². The summed E-state index contributed by atoms with van der Waals surface area (Å²) >= 11 is 6.29. The Bertz CT molecular complexity index is 913. The zero-order valence-electron chi connectivity index (χ0n) is 14.0. The molecule has 2 heterocycles. The van der Waals surface area contributed by atoms with E-state index in [2.05, 4.69) is 4.98 Å². The lowest BCUT2D eigenvalue weighted by Gasteiger charge is -2.12. The normalized spacial score (nSPS) is 15.5. The fraction of sp³-hybridized carbons (Fsp3) is 0.111. The maximum Gasteiger partial charge on any atom is 0.273 e. The van der Waals surface area contributed by atoms with Gasteiger partial charge in [-0.2, -0.15) is 0 Å². The van der Waals surface area contributed by atoms with E-state index in [1.54, 1.807) is 49.7 Å². The number of methoxy groups -OCH3 is 2. The largest absolute Gasteiger partial charge is 0.497 e. The molecule has 0 N–H and O–H groups in total. The topological polar surface area (TPSA) is 68.7 Å². The highest BCUT2D eigenvalue weighted by atomic mass is 32.2. The molecule has 0 spiro atoms. The van der Waals surface area contributed by atoms with Crippen molar-refractivity contribution in [3.05, 3.63) is 58.8 Å². The number of carbonyl (C=O) groups is 2. The molecule has 0 unspecified atom stereocenters. The van der Waals surface area contributed by atoms with Gasteiger partial charge in [-0.15, -0.1) is 0 Å². The van der Waals surface area contributed by atoms with Crippen LogP contribution in [0.2, 0.25) is 0 Å². The van der Waals surface area contributed by atoms with E-state index in [1.807, 2.05) is 0 Å². The summed E-state index contributed by atoms with van der Waals surface area (Å²) in [5.74, 6) is 0.226. The molecule has 8 heteroatoms. The Labute approximate surface area is 159 Å². The number of nitrogens with zero attached hydrogens (tertiary/aromatic N) is 2. The second-order valence-corrected chi connectivity index (χ2v) is 6.85. The van der Waals surface area contributed by atoms with Gasteiger partial charge in [0.05, 0.1) is 24.7 Å². The average Bonchev–Trinajstić information content (AvgIpc) is 2.95. The number of hydrogen-bond acceptors (Lipinski definition) is 7. The summed E-state index contributed by atoms with van der Waals surface area (Å²) in [6.45, 7) is 0. The third kappa shape index (κ3) is 3.47. The third-order valence-corrected chi connectivity index (χ3v) is 4.93. The summed E-state index contributed by atoms with van der Waals surface area (Å²) in [6, 6.07) is 8.46. The fourth-order valence-corrected chi connectivity index (χ4v) is 3.58. The van der Waals surface area contributed by atoms with Crippen LogP contribution < -0.4 is 9.47 Å². The second-order valence-electron chi connectivity index (χ2n) is 5.17. The van der Waals surface area contributed by atoms with Gasteiger partial charge in [0.15, 0.2) is 4.32 Å². The molecular weight excluding hydrogens is 372 g/mol. The van der Waals surface area contributed by atoms with E-state index < -0.39 is 11.8 Å². The number of hydrogen-bond donors (Lipinski definition) is 0. The smallest absolute Gasteiger partial charge is 0.273 e. The van der Waals surface area contributed by atoms with Gasteiger partial charge in [0.1, 0.15) is 11.5 Å². The average molecular weight is 386 g/mol. The molecule has 0 radical (unpaired) electrons. The van der Waals surface area contributed by atoms with Crippen molar-refractivity contribution in [2.75, 3.05) is 14.2 Å². The Kier molecular flexibility index (Phi) is 5.34. The highest BCUT2D eigenvalue weighted by molar-refractivity contribution is 8.26. The number of rotatable bonds is 4. The van der Waals surface area contributed by atoms with Crippen molar-refractivity contribution in [3.8, 4) is 11.5 Å². The lowest BCUT2D eigenvalue weighted by atomic mass is 10.1. The first kappa shape index (κ1) is 18.1. The lowest BCUT2D eigenvalue weighted by molar-refractivity contribution is -0.120.